The van der Waals surface area contributed by atoms with Gasteiger partial charge in [-0.25, -0.2) is 0 Å². The van der Waals surface area contributed by atoms with Crippen LogP contribution in [0.25, 0.3) is 11.4 Å². The Morgan fingerprint density at radius 3 is 2.73 bits per heavy atom. The minimum absolute atomic E-state index is 0.0786. The molecule has 0 radical (unpaired) electrons. The number of furan rings is 1. The third-order valence-corrected chi connectivity index (χ3v) is 5.14. The van der Waals surface area contributed by atoms with Gasteiger partial charge in [0.2, 0.25) is 5.91 Å². The summed E-state index contributed by atoms with van der Waals surface area (Å²) in [5.74, 6) is 1.40. The first-order valence-electron chi connectivity index (χ1n) is 8.24. The van der Waals surface area contributed by atoms with E-state index in [0.29, 0.717) is 23.3 Å². The van der Waals surface area contributed by atoms with Crippen LogP contribution in [0.4, 0.5) is 0 Å². The number of thioether (sulfide) groups is 1. The maximum atomic E-state index is 12.3. The van der Waals surface area contributed by atoms with Crippen LogP contribution in [0, 0.1) is 0 Å². The molecule has 0 saturated carbocycles. The largest absolute Gasteiger partial charge is 0.467 e. The smallest absolute Gasteiger partial charge is 0.233 e. The van der Waals surface area contributed by atoms with Gasteiger partial charge in [-0.3, -0.25) is 4.79 Å². The zero-order valence-corrected chi connectivity index (χ0v) is 16.0. The van der Waals surface area contributed by atoms with E-state index in [2.05, 4.69) is 15.5 Å². The Morgan fingerprint density at radius 2 is 2.08 bits per heavy atom. The lowest BCUT2D eigenvalue weighted by atomic mass is 10.2. The summed E-state index contributed by atoms with van der Waals surface area (Å²) in [7, 11) is 0. The van der Waals surface area contributed by atoms with Gasteiger partial charge < -0.3 is 14.3 Å². The predicted molar refractivity (Wildman–Crippen MR) is 102 cm³/mol. The first-order chi connectivity index (χ1) is 12.6. The van der Waals surface area contributed by atoms with Crippen LogP contribution >= 0.6 is 23.4 Å². The molecule has 0 aliphatic heterocycles. The van der Waals surface area contributed by atoms with Gasteiger partial charge in [0.05, 0.1) is 18.1 Å². The molecule has 0 unspecified atom stereocenters. The van der Waals surface area contributed by atoms with Gasteiger partial charge in [0.25, 0.3) is 0 Å². The van der Waals surface area contributed by atoms with Crippen molar-refractivity contribution in [2.24, 2.45) is 0 Å². The average Bonchev–Trinajstić information content (AvgIpc) is 3.29. The van der Waals surface area contributed by atoms with E-state index in [0.717, 1.165) is 17.1 Å². The van der Waals surface area contributed by atoms with Gasteiger partial charge in [-0.15, -0.1) is 10.2 Å². The third-order valence-electron chi connectivity index (χ3n) is 3.80. The molecule has 1 N–H and O–H groups in total. The Morgan fingerprint density at radius 1 is 1.31 bits per heavy atom. The van der Waals surface area contributed by atoms with E-state index in [1.54, 1.807) is 12.3 Å². The molecule has 1 amide bonds. The zero-order valence-electron chi connectivity index (χ0n) is 14.5. The Labute approximate surface area is 160 Å². The van der Waals surface area contributed by atoms with E-state index in [1.807, 2.05) is 48.7 Å². The van der Waals surface area contributed by atoms with Crippen LogP contribution in [0.15, 0.2) is 52.2 Å². The molecular weight excluding hydrogens is 372 g/mol. The number of nitrogens with one attached hydrogen (secondary N) is 1. The number of hydrogen-bond acceptors (Lipinski definition) is 5. The standard InChI is InChI=1S/C18H19ClN4O2S/c1-3-23-16(13-6-8-14(19)9-7-13)21-22-18(23)26-12(2)17(24)20-11-15-5-4-10-25-15/h4-10,12H,3,11H2,1-2H3,(H,20,24)/t12-/m1/s1. The van der Waals surface area contributed by atoms with Gasteiger partial charge in [-0.05, 0) is 50.2 Å². The molecule has 1 atom stereocenters. The zero-order chi connectivity index (χ0) is 18.5. The first kappa shape index (κ1) is 18.5. The predicted octanol–water partition coefficient (Wildman–Crippen LogP) is 4.01. The lowest BCUT2D eigenvalue weighted by Crippen LogP contribution is -2.30. The highest BCUT2D eigenvalue weighted by molar-refractivity contribution is 8.00. The number of carbonyl (C=O) groups excluding carboxylic acids is 1. The van der Waals surface area contributed by atoms with Crippen molar-refractivity contribution in [3.8, 4) is 11.4 Å². The molecule has 2 aromatic heterocycles. The van der Waals surface area contributed by atoms with E-state index >= 15 is 0 Å². The van der Waals surface area contributed by atoms with E-state index in [9.17, 15) is 4.79 Å². The number of carbonyl (C=O) groups is 1. The lowest BCUT2D eigenvalue weighted by molar-refractivity contribution is -0.120. The quantitative estimate of drug-likeness (QED) is 0.617. The van der Waals surface area contributed by atoms with E-state index in [1.165, 1.54) is 11.8 Å². The second-order valence-electron chi connectivity index (χ2n) is 5.61. The van der Waals surface area contributed by atoms with E-state index in [4.69, 9.17) is 16.0 Å². The van der Waals surface area contributed by atoms with Crippen molar-refractivity contribution >= 4 is 29.3 Å². The lowest BCUT2D eigenvalue weighted by Gasteiger charge is -2.12. The summed E-state index contributed by atoms with van der Waals surface area (Å²) < 4.78 is 7.21. The third kappa shape index (κ3) is 4.28. The molecule has 0 aliphatic rings. The van der Waals surface area contributed by atoms with Gasteiger partial charge in [-0.1, -0.05) is 23.4 Å². The molecule has 2 heterocycles. The molecule has 136 valence electrons. The van der Waals surface area contributed by atoms with Crippen molar-refractivity contribution in [2.45, 2.75) is 37.3 Å². The number of amides is 1. The summed E-state index contributed by atoms with van der Waals surface area (Å²) >= 11 is 7.33. The summed E-state index contributed by atoms with van der Waals surface area (Å²) in [6, 6.07) is 11.1. The molecule has 6 nitrogen and oxygen atoms in total. The van der Waals surface area contributed by atoms with Crippen molar-refractivity contribution in [3.05, 3.63) is 53.4 Å². The maximum Gasteiger partial charge on any atom is 0.233 e. The Kier molecular flexibility index (Phi) is 6.00. The van der Waals surface area contributed by atoms with Crippen LogP contribution < -0.4 is 5.32 Å². The van der Waals surface area contributed by atoms with Crippen molar-refractivity contribution < 1.29 is 9.21 Å². The monoisotopic (exact) mass is 390 g/mol. The van der Waals surface area contributed by atoms with Crippen LogP contribution in [-0.2, 0) is 17.9 Å². The summed E-state index contributed by atoms with van der Waals surface area (Å²) in [6.07, 6.45) is 1.59. The molecule has 0 saturated heterocycles. The first-order valence-corrected chi connectivity index (χ1v) is 9.50. The molecule has 0 aliphatic carbocycles. The second kappa shape index (κ2) is 8.42. The summed E-state index contributed by atoms with van der Waals surface area (Å²) in [5, 5.41) is 12.5. The van der Waals surface area contributed by atoms with Crippen molar-refractivity contribution in [2.75, 3.05) is 0 Å². The minimum atomic E-state index is -0.308. The summed E-state index contributed by atoms with van der Waals surface area (Å²) in [5.41, 5.74) is 0.936. The fourth-order valence-corrected chi connectivity index (χ4v) is 3.48. The van der Waals surface area contributed by atoms with Gasteiger partial charge in [-0.2, -0.15) is 0 Å². The van der Waals surface area contributed by atoms with Gasteiger partial charge in [0.15, 0.2) is 11.0 Å². The van der Waals surface area contributed by atoms with Gasteiger partial charge in [0.1, 0.15) is 5.76 Å². The number of hydrogen-bond donors (Lipinski definition) is 1. The molecule has 1 aromatic carbocycles. The highest BCUT2D eigenvalue weighted by atomic mass is 35.5. The van der Waals surface area contributed by atoms with Crippen LogP contribution in [0.5, 0.6) is 0 Å². The Balaban J connectivity index is 1.69. The molecule has 26 heavy (non-hydrogen) atoms. The molecular formula is C18H19ClN4O2S. The number of aromatic nitrogens is 3. The molecule has 0 fully saturated rings. The number of halogens is 1. The molecule has 0 spiro atoms. The molecule has 0 bridgehead atoms. The second-order valence-corrected chi connectivity index (χ2v) is 7.36. The number of rotatable bonds is 7. The van der Waals surface area contributed by atoms with Crippen LogP contribution in [0.1, 0.15) is 19.6 Å². The normalized spacial score (nSPS) is 12.1. The van der Waals surface area contributed by atoms with Crippen molar-refractivity contribution in [1.29, 1.82) is 0 Å². The van der Waals surface area contributed by atoms with Gasteiger partial charge in [0, 0.05) is 17.1 Å². The summed E-state index contributed by atoms with van der Waals surface area (Å²) in [4.78, 5) is 12.3. The topological polar surface area (TPSA) is 73.0 Å². The minimum Gasteiger partial charge on any atom is -0.467 e. The average molecular weight is 391 g/mol. The van der Waals surface area contributed by atoms with Crippen LogP contribution in [0.2, 0.25) is 5.02 Å². The van der Waals surface area contributed by atoms with E-state index in [-0.39, 0.29) is 11.2 Å². The highest BCUT2D eigenvalue weighted by Crippen LogP contribution is 2.27. The fourth-order valence-electron chi connectivity index (χ4n) is 2.42. The number of nitrogens with zero attached hydrogens (tertiary/aromatic N) is 3. The molecule has 8 heteroatoms. The fraction of sp³-hybridized carbons (Fsp3) is 0.278. The van der Waals surface area contributed by atoms with Gasteiger partial charge >= 0.3 is 0 Å². The SMILES string of the molecule is CCn1c(S[C@H](C)C(=O)NCc2ccco2)nnc1-c1ccc(Cl)cc1. The summed E-state index contributed by atoms with van der Waals surface area (Å²) in [6.45, 7) is 4.94. The Bertz CT molecular complexity index is 862. The number of benzene rings is 1. The highest BCUT2D eigenvalue weighted by Gasteiger charge is 2.20. The molecule has 3 rings (SSSR count). The van der Waals surface area contributed by atoms with Crippen molar-refractivity contribution in [1.82, 2.24) is 20.1 Å². The maximum absolute atomic E-state index is 12.3. The van der Waals surface area contributed by atoms with Crippen LogP contribution in [0.3, 0.4) is 0 Å². The van der Waals surface area contributed by atoms with Crippen molar-refractivity contribution in [3.63, 3.8) is 0 Å². The van der Waals surface area contributed by atoms with E-state index < -0.39 is 0 Å². The molecule has 3 aromatic rings. The van der Waals surface area contributed by atoms with Crippen LogP contribution in [-0.4, -0.2) is 25.9 Å². The Hall–Kier alpha value is -2.25.